The van der Waals surface area contributed by atoms with Crippen molar-refractivity contribution in [1.29, 1.82) is 0 Å². The van der Waals surface area contributed by atoms with Gasteiger partial charge in [0.05, 0.1) is 5.56 Å². The Labute approximate surface area is 116 Å². The predicted octanol–water partition coefficient (Wildman–Crippen LogP) is 3.54. The molecule has 2 aromatic rings. The average Bonchev–Trinajstić information content (AvgIpc) is 2.35. The molecule has 0 saturated carbocycles. The van der Waals surface area contributed by atoms with Crippen molar-refractivity contribution in [3.05, 3.63) is 53.3 Å². The maximum absolute atomic E-state index is 13.7. The van der Waals surface area contributed by atoms with Gasteiger partial charge >= 0.3 is 5.97 Å². The van der Waals surface area contributed by atoms with E-state index in [1.165, 1.54) is 0 Å². The second-order valence-corrected chi connectivity index (χ2v) is 4.94. The fourth-order valence-corrected chi connectivity index (χ4v) is 2.37. The molecule has 0 fully saturated rings. The number of hydrogen-bond acceptors (Lipinski definition) is 3. The fourth-order valence-electron chi connectivity index (χ4n) is 1.51. The fraction of sp³-hybridized carbons (Fsp3) is 0. The Morgan fingerprint density at radius 1 is 1.05 bits per heavy atom. The molecular weight excluding hydrogens is 291 g/mol. The lowest BCUT2D eigenvalue weighted by Crippen LogP contribution is -2.03. The smallest absolute Gasteiger partial charge is 0.337 e. The third-order valence-corrected chi connectivity index (χ3v) is 3.53. The van der Waals surface area contributed by atoms with E-state index < -0.39 is 23.4 Å². The molecule has 7 heteroatoms. The van der Waals surface area contributed by atoms with Crippen molar-refractivity contribution >= 4 is 23.4 Å². The van der Waals surface area contributed by atoms with Crippen molar-refractivity contribution in [2.75, 3.05) is 5.73 Å². The Bertz CT molecular complexity index is 692. The van der Waals surface area contributed by atoms with Crippen LogP contribution in [0, 0.1) is 17.5 Å². The number of nitrogens with two attached hydrogens (primary N) is 1. The van der Waals surface area contributed by atoms with Gasteiger partial charge in [0.2, 0.25) is 0 Å². The largest absolute Gasteiger partial charge is 0.478 e. The van der Waals surface area contributed by atoms with E-state index in [4.69, 9.17) is 10.8 Å². The number of carboxylic acids is 1. The van der Waals surface area contributed by atoms with E-state index in [0.29, 0.717) is 17.8 Å². The highest BCUT2D eigenvalue weighted by atomic mass is 32.2. The van der Waals surface area contributed by atoms with E-state index in [2.05, 4.69) is 0 Å². The number of anilines is 1. The van der Waals surface area contributed by atoms with Crippen LogP contribution in [0.15, 0.2) is 40.1 Å². The van der Waals surface area contributed by atoms with Gasteiger partial charge in [-0.25, -0.2) is 18.0 Å². The summed E-state index contributed by atoms with van der Waals surface area (Å²) in [5, 5.41) is 8.90. The van der Waals surface area contributed by atoms with Crippen LogP contribution >= 0.6 is 11.8 Å². The lowest BCUT2D eigenvalue weighted by atomic mass is 10.2. The molecule has 0 unspecified atom stereocenters. The molecule has 0 aromatic heterocycles. The molecule has 2 rings (SSSR count). The van der Waals surface area contributed by atoms with Crippen molar-refractivity contribution in [3.8, 4) is 0 Å². The summed E-state index contributed by atoms with van der Waals surface area (Å²) in [5.41, 5.74) is 4.88. The van der Waals surface area contributed by atoms with Crippen LogP contribution in [0.5, 0.6) is 0 Å². The summed E-state index contributed by atoms with van der Waals surface area (Å²) in [7, 11) is 0. The molecule has 0 aliphatic carbocycles. The van der Waals surface area contributed by atoms with Crippen molar-refractivity contribution in [2.45, 2.75) is 9.79 Å². The molecule has 3 N–H and O–H groups in total. The Kier molecular flexibility index (Phi) is 3.89. The molecule has 0 spiro atoms. The van der Waals surface area contributed by atoms with Crippen molar-refractivity contribution in [1.82, 2.24) is 0 Å². The number of carboxylic acid groups (broad SMARTS) is 1. The summed E-state index contributed by atoms with van der Waals surface area (Å²) in [4.78, 5) is 10.8. The first kappa shape index (κ1) is 14.3. The van der Waals surface area contributed by atoms with Gasteiger partial charge in [-0.05, 0) is 24.3 Å². The minimum absolute atomic E-state index is 0.0218. The molecule has 0 amide bonds. The molecule has 2 aromatic carbocycles. The summed E-state index contributed by atoms with van der Waals surface area (Å²) >= 11 is 0.654. The lowest BCUT2D eigenvalue weighted by molar-refractivity contribution is 0.0697. The number of nitrogen functional groups attached to an aromatic ring is 1. The van der Waals surface area contributed by atoms with Crippen LogP contribution in [-0.4, -0.2) is 11.1 Å². The van der Waals surface area contributed by atoms with Crippen LogP contribution in [0.1, 0.15) is 10.4 Å². The number of rotatable bonds is 3. The molecule has 0 heterocycles. The monoisotopic (exact) mass is 299 g/mol. The maximum Gasteiger partial charge on any atom is 0.337 e. The van der Waals surface area contributed by atoms with Gasteiger partial charge in [-0.2, -0.15) is 0 Å². The molecule has 0 bridgehead atoms. The molecule has 0 saturated heterocycles. The molecule has 0 radical (unpaired) electrons. The van der Waals surface area contributed by atoms with E-state index in [9.17, 15) is 18.0 Å². The van der Waals surface area contributed by atoms with Gasteiger partial charge in [0.25, 0.3) is 0 Å². The summed E-state index contributed by atoms with van der Waals surface area (Å²) in [6, 6.07) is 4.70. The summed E-state index contributed by atoms with van der Waals surface area (Å²) in [5.74, 6) is -3.70. The summed E-state index contributed by atoms with van der Waals surface area (Å²) in [6.45, 7) is 0. The van der Waals surface area contributed by atoms with E-state index in [1.54, 1.807) is 0 Å². The minimum Gasteiger partial charge on any atom is -0.478 e. The van der Waals surface area contributed by atoms with Gasteiger partial charge in [0.1, 0.15) is 17.5 Å². The van der Waals surface area contributed by atoms with Gasteiger partial charge in [-0.3, -0.25) is 0 Å². The first-order valence-corrected chi connectivity index (χ1v) is 6.15. The van der Waals surface area contributed by atoms with Crippen LogP contribution in [0.4, 0.5) is 18.9 Å². The van der Waals surface area contributed by atoms with Crippen molar-refractivity contribution < 1.29 is 23.1 Å². The van der Waals surface area contributed by atoms with E-state index in [0.717, 1.165) is 24.3 Å². The van der Waals surface area contributed by atoms with E-state index >= 15 is 0 Å². The first-order chi connectivity index (χ1) is 9.38. The highest BCUT2D eigenvalue weighted by Crippen LogP contribution is 2.34. The highest BCUT2D eigenvalue weighted by molar-refractivity contribution is 7.99. The normalized spacial score (nSPS) is 10.6. The highest BCUT2D eigenvalue weighted by Gasteiger charge is 2.15. The van der Waals surface area contributed by atoms with Crippen LogP contribution in [0.25, 0.3) is 0 Å². The number of benzene rings is 2. The molecule has 104 valence electrons. The van der Waals surface area contributed by atoms with Gasteiger partial charge in [-0.1, -0.05) is 11.8 Å². The molecule has 0 atom stereocenters. The second kappa shape index (κ2) is 5.46. The quantitative estimate of drug-likeness (QED) is 0.851. The summed E-state index contributed by atoms with van der Waals surface area (Å²) in [6.07, 6.45) is 0. The van der Waals surface area contributed by atoms with Crippen molar-refractivity contribution in [2.24, 2.45) is 0 Å². The second-order valence-electron chi connectivity index (χ2n) is 3.85. The zero-order valence-electron chi connectivity index (χ0n) is 9.86. The molecular formula is C13H8F3NO2S. The van der Waals surface area contributed by atoms with Gasteiger partial charge in [0, 0.05) is 21.5 Å². The van der Waals surface area contributed by atoms with E-state index in [-0.39, 0.29) is 21.0 Å². The topological polar surface area (TPSA) is 63.3 Å². The zero-order chi connectivity index (χ0) is 14.9. The number of hydrogen-bond donors (Lipinski definition) is 2. The SMILES string of the molecule is Nc1cc(F)c(Sc2ccc(F)cc2F)cc1C(=O)O. The molecule has 0 aliphatic rings. The van der Waals surface area contributed by atoms with Crippen LogP contribution in [0.2, 0.25) is 0 Å². The van der Waals surface area contributed by atoms with Crippen LogP contribution < -0.4 is 5.73 Å². The Hall–Kier alpha value is -2.15. The lowest BCUT2D eigenvalue weighted by Gasteiger charge is -2.08. The zero-order valence-corrected chi connectivity index (χ0v) is 10.7. The third-order valence-electron chi connectivity index (χ3n) is 2.45. The van der Waals surface area contributed by atoms with Crippen molar-refractivity contribution in [3.63, 3.8) is 0 Å². The third kappa shape index (κ3) is 2.88. The molecule has 0 aliphatic heterocycles. The van der Waals surface area contributed by atoms with Gasteiger partial charge in [0.15, 0.2) is 0 Å². The average molecular weight is 299 g/mol. The van der Waals surface area contributed by atoms with Crippen LogP contribution in [-0.2, 0) is 0 Å². The number of halogens is 3. The predicted molar refractivity (Wildman–Crippen MR) is 68.3 cm³/mol. The maximum atomic E-state index is 13.7. The van der Waals surface area contributed by atoms with Gasteiger partial charge in [-0.15, -0.1) is 0 Å². The molecule has 20 heavy (non-hydrogen) atoms. The minimum atomic E-state index is -1.32. The number of aromatic carboxylic acids is 1. The Balaban J connectivity index is 2.43. The summed E-state index contributed by atoms with van der Waals surface area (Å²) < 4.78 is 40.0. The number of carbonyl (C=O) groups is 1. The van der Waals surface area contributed by atoms with Gasteiger partial charge < -0.3 is 10.8 Å². The molecule has 3 nitrogen and oxygen atoms in total. The standard InChI is InChI=1S/C13H8F3NO2S/c14-6-1-2-11(8(15)3-6)20-12-4-7(13(18)19)10(17)5-9(12)16/h1-5H,17H2,(H,18,19). The Morgan fingerprint density at radius 3 is 2.30 bits per heavy atom. The van der Waals surface area contributed by atoms with Crippen LogP contribution in [0.3, 0.4) is 0 Å². The first-order valence-electron chi connectivity index (χ1n) is 5.33. The van der Waals surface area contributed by atoms with E-state index in [1.807, 2.05) is 0 Å². The Morgan fingerprint density at radius 2 is 1.70 bits per heavy atom.